The maximum atomic E-state index is 12.2. The molecule has 1 aromatic rings. The number of nitrogens with zero attached hydrogens (tertiary/aromatic N) is 1. The number of Topliss-reactive ketones (excluding diaryl/α,β-unsaturated/α-hetero) is 1. The van der Waals surface area contributed by atoms with Gasteiger partial charge in [-0.3, -0.25) is 19.3 Å². The summed E-state index contributed by atoms with van der Waals surface area (Å²) < 4.78 is 10.1. The van der Waals surface area contributed by atoms with Crippen molar-refractivity contribution in [2.75, 3.05) is 18.6 Å². The van der Waals surface area contributed by atoms with Gasteiger partial charge in [0.15, 0.2) is 11.9 Å². The molecule has 7 heteroatoms. The number of amides is 1. The van der Waals surface area contributed by atoms with Crippen molar-refractivity contribution in [1.82, 2.24) is 0 Å². The Morgan fingerprint density at radius 2 is 2.14 bits per heavy atom. The molecule has 0 spiro atoms. The molecule has 0 radical (unpaired) electrons. The van der Waals surface area contributed by atoms with Crippen LogP contribution in [0.5, 0.6) is 5.75 Å². The van der Waals surface area contributed by atoms with E-state index in [0.717, 1.165) is 0 Å². The van der Waals surface area contributed by atoms with E-state index in [0.29, 0.717) is 17.0 Å². The van der Waals surface area contributed by atoms with Gasteiger partial charge in [0.05, 0.1) is 18.2 Å². The predicted octanol–water partition coefficient (Wildman–Crippen LogP) is 1.78. The molecule has 118 valence electrons. The van der Waals surface area contributed by atoms with Crippen LogP contribution in [0.1, 0.15) is 24.2 Å². The number of anilines is 1. The van der Waals surface area contributed by atoms with Crippen molar-refractivity contribution in [3.05, 3.63) is 23.8 Å². The van der Waals surface area contributed by atoms with E-state index in [1.165, 1.54) is 18.1 Å². The molecule has 0 aromatic heterocycles. The second kappa shape index (κ2) is 6.36. The third-order valence-electron chi connectivity index (χ3n) is 3.33. The number of hydrogen-bond acceptors (Lipinski definition) is 5. The zero-order valence-electron chi connectivity index (χ0n) is 12.5. The van der Waals surface area contributed by atoms with Gasteiger partial charge in [-0.2, -0.15) is 0 Å². The zero-order chi connectivity index (χ0) is 16.4. The lowest BCUT2D eigenvalue weighted by Crippen LogP contribution is -2.47. The van der Waals surface area contributed by atoms with Gasteiger partial charge in [-0.05, 0) is 32.0 Å². The number of fused-ring (bicyclic) bond motifs is 1. The molecular weight excluding hydrogens is 310 g/mol. The summed E-state index contributed by atoms with van der Waals surface area (Å²) in [6.45, 7) is 2.92. The second-order valence-electron chi connectivity index (χ2n) is 4.92. The molecule has 0 fully saturated rings. The Hall–Kier alpha value is -2.08. The quantitative estimate of drug-likeness (QED) is 0.479. The van der Waals surface area contributed by atoms with Crippen LogP contribution in [0.3, 0.4) is 0 Å². The van der Waals surface area contributed by atoms with Crippen LogP contribution in [0.15, 0.2) is 18.2 Å². The molecular formula is C15H16ClNO5. The van der Waals surface area contributed by atoms with Gasteiger partial charge in [-0.25, -0.2) is 0 Å². The topological polar surface area (TPSA) is 72.9 Å². The van der Waals surface area contributed by atoms with E-state index in [1.54, 1.807) is 26.0 Å². The molecule has 1 amide bonds. The number of ether oxygens (including phenoxy) is 2. The maximum Gasteiger partial charge on any atom is 0.325 e. The van der Waals surface area contributed by atoms with Crippen molar-refractivity contribution < 1.29 is 23.9 Å². The summed E-state index contributed by atoms with van der Waals surface area (Å²) >= 11 is 5.81. The molecule has 0 N–H and O–H groups in total. The highest BCUT2D eigenvalue weighted by Crippen LogP contribution is 2.35. The van der Waals surface area contributed by atoms with Gasteiger partial charge in [0, 0.05) is 5.56 Å². The van der Waals surface area contributed by atoms with Crippen LogP contribution in [0, 0.1) is 0 Å². The minimum Gasteiger partial charge on any atom is -0.479 e. The minimum atomic E-state index is -0.717. The van der Waals surface area contributed by atoms with E-state index in [1.807, 2.05) is 0 Å². The van der Waals surface area contributed by atoms with Crippen LogP contribution in [-0.2, 0) is 14.3 Å². The van der Waals surface area contributed by atoms with Crippen molar-refractivity contribution in [2.24, 2.45) is 0 Å². The van der Waals surface area contributed by atoms with Crippen molar-refractivity contribution >= 4 is 34.9 Å². The largest absolute Gasteiger partial charge is 0.479 e. The standard InChI is InChI=1S/C15H16ClNO5/c1-8(16)14(19)10-4-5-12-11(6-10)17(7-13(18)21-3)15(20)9(2)22-12/h4-6,8-9H,7H2,1-3H3. The fourth-order valence-corrected chi connectivity index (χ4v) is 2.27. The van der Waals surface area contributed by atoms with E-state index >= 15 is 0 Å². The number of hydrogen-bond donors (Lipinski definition) is 0. The molecule has 0 aliphatic carbocycles. The highest BCUT2D eigenvalue weighted by Gasteiger charge is 2.33. The number of ketones is 1. The summed E-state index contributed by atoms with van der Waals surface area (Å²) in [6, 6.07) is 4.68. The number of carbonyl (C=O) groups is 3. The number of halogens is 1. The molecule has 1 aliphatic heterocycles. The van der Waals surface area contributed by atoms with Crippen LogP contribution in [0.2, 0.25) is 0 Å². The first-order valence-electron chi connectivity index (χ1n) is 6.72. The highest BCUT2D eigenvalue weighted by molar-refractivity contribution is 6.33. The van der Waals surface area contributed by atoms with Gasteiger partial charge in [-0.1, -0.05) is 0 Å². The summed E-state index contributed by atoms with van der Waals surface area (Å²) in [6.07, 6.45) is -0.717. The first kappa shape index (κ1) is 16.3. The van der Waals surface area contributed by atoms with Gasteiger partial charge in [-0.15, -0.1) is 11.6 Å². The Morgan fingerprint density at radius 1 is 1.45 bits per heavy atom. The smallest absolute Gasteiger partial charge is 0.325 e. The minimum absolute atomic E-state index is 0.246. The van der Waals surface area contributed by atoms with Crippen molar-refractivity contribution in [1.29, 1.82) is 0 Å². The number of alkyl halides is 1. The van der Waals surface area contributed by atoms with Gasteiger partial charge < -0.3 is 9.47 Å². The molecule has 2 rings (SSSR count). The molecule has 0 saturated heterocycles. The Labute approximate surface area is 132 Å². The van der Waals surface area contributed by atoms with E-state index in [9.17, 15) is 14.4 Å². The van der Waals surface area contributed by atoms with Gasteiger partial charge in [0.2, 0.25) is 0 Å². The molecule has 6 nitrogen and oxygen atoms in total. The normalized spacial score (nSPS) is 18.3. The van der Waals surface area contributed by atoms with Gasteiger partial charge >= 0.3 is 5.97 Å². The first-order valence-corrected chi connectivity index (χ1v) is 7.16. The molecule has 1 aliphatic rings. The average molecular weight is 326 g/mol. The summed E-state index contributed by atoms with van der Waals surface area (Å²) in [5.74, 6) is -0.777. The second-order valence-corrected chi connectivity index (χ2v) is 5.58. The predicted molar refractivity (Wildman–Crippen MR) is 80.5 cm³/mol. The van der Waals surface area contributed by atoms with Crippen LogP contribution >= 0.6 is 11.6 Å². The van der Waals surface area contributed by atoms with E-state index < -0.39 is 17.5 Å². The fraction of sp³-hybridized carbons (Fsp3) is 0.400. The first-order chi connectivity index (χ1) is 10.3. The SMILES string of the molecule is COC(=O)CN1C(=O)C(C)Oc2ccc(C(=O)C(C)Cl)cc21. The summed E-state index contributed by atoms with van der Waals surface area (Å²) in [5, 5.41) is -0.689. The van der Waals surface area contributed by atoms with Crippen LogP contribution in [-0.4, -0.2) is 42.8 Å². The Bertz CT molecular complexity index is 628. The average Bonchev–Trinajstić information content (AvgIpc) is 2.50. The van der Waals surface area contributed by atoms with Crippen molar-refractivity contribution in [3.8, 4) is 5.75 Å². The van der Waals surface area contributed by atoms with E-state index in [4.69, 9.17) is 16.3 Å². The summed E-state index contributed by atoms with van der Waals surface area (Å²) in [4.78, 5) is 37.0. The number of esters is 1. The molecule has 0 saturated carbocycles. The summed E-state index contributed by atoms with van der Waals surface area (Å²) in [7, 11) is 1.24. The Kier molecular flexibility index (Phi) is 4.71. The lowest BCUT2D eigenvalue weighted by Gasteiger charge is -2.32. The molecule has 0 bridgehead atoms. The number of carbonyl (C=O) groups excluding carboxylic acids is 3. The fourth-order valence-electron chi connectivity index (χ4n) is 2.15. The summed E-state index contributed by atoms with van der Waals surface area (Å²) in [5.41, 5.74) is 0.707. The molecule has 2 atom stereocenters. The lowest BCUT2D eigenvalue weighted by atomic mass is 10.1. The highest BCUT2D eigenvalue weighted by atomic mass is 35.5. The third kappa shape index (κ3) is 3.06. The third-order valence-corrected chi connectivity index (χ3v) is 3.53. The molecule has 1 heterocycles. The van der Waals surface area contributed by atoms with Crippen LogP contribution in [0.4, 0.5) is 5.69 Å². The molecule has 2 unspecified atom stereocenters. The van der Waals surface area contributed by atoms with Gasteiger partial charge in [0.1, 0.15) is 12.3 Å². The number of rotatable bonds is 4. The Morgan fingerprint density at radius 3 is 2.73 bits per heavy atom. The van der Waals surface area contributed by atoms with Crippen LogP contribution < -0.4 is 9.64 Å². The number of benzene rings is 1. The number of methoxy groups -OCH3 is 1. The van der Waals surface area contributed by atoms with Crippen molar-refractivity contribution in [2.45, 2.75) is 25.3 Å². The van der Waals surface area contributed by atoms with Gasteiger partial charge in [0.25, 0.3) is 5.91 Å². The lowest BCUT2D eigenvalue weighted by molar-refractivity contribution is -0.140. The maximum absolute atomic E-state index is 12.2. The van der Waals surface area contributed by atoms with E-state index in [2.05, 4.69) is 4.74 Å². The zero-order valence-corrected chi connectivity index (χ0v) is 13.2. The monoisotopic (exact) mass is 325 g/mol. The Balaban J connectivity index is 2.45. The molecule has 22 heavy (non-hydrogen) atoms. The van der Waals surface area contributed by atoms with E-state index in [-0.39, 0.29) is 18.2 Å². The molecule has 1 aromatic carbocycles. The van der Waals surface area contributed by atoms with Crippen molar-refractivity contribution in [3.63, 3.8) is 0 Å². The van der Waals surface area contributed by atoms with Crippen LogP contribution in [0.25, 0.3) is 0 Å².